The van der Waals surface area contributed by atoms with E-state index in [4.69, 9.17) is 9.47 Å². The number of nitrogens with zero attached hydrogens (tertiary/aromatic N) is 2. The molecular formula is C20H28N4O2. The number of guanidine groups is 1. The number of para-hydroxylation sites is 1. The van der Waals surface area contributed by atoms with E-state index in [1.54, 1.807) is 19.4 Å². The molecule has 1 heterocycles. The first kappa shape index (κ1) is 19.6. The highest BCUT2D eigenvalue weighted by Crippen LogP contribution is 2.22. The molecular weight excluding hydrogens is 328 g/mol. The summed E-state index contributed by atoms with van der Waals surface area (Å²) in [6.45, 7) is 7.90. The maximum atomic E-state index is 6.02. The molecule has 0 spiro atoms. The lowest BCUT2D eigenvalue weighted by Crippen LogP contribution is -2.39. The van der Waals surface area contributed by atoms with Crippen molar-refractivity contribution in [3.05, 3.63) is 54.4 Å². The molecule has 26 heavy (non-hydrogen) atoms. The van der Waals surface area contributed by atoms with Gasteiger partial charge in [-0.2, -0.15) is 0 Å². The Labute approximate surface area is 155 Å². The van der Waals surface area contributed by atoms with Crippen molar-refractivity contribution in [2.45, 2.75) is 32.9 Å². The lowest BCUT2D eigenvalue weighted by Gasteiger charge is -2.23. The number of hydrogen-bond donors (Lipinski definition) is 2. The van der Waals surface area contributed by atoms with E-state index in [1.807, 2.05) is 57.2 Å². The van der Waals surface area contributed by atoms with Crippen molar-refractivity contribution in [2.75, 3.05) is 20.2 Å². The SMILES string of the molecule is CN=C(NCCOc1cccnc1)NCc1ccccc1OC(C)(C)C. The average Bonchev–Trinajstić information content (AvgIpc) is 2.62. The Morgan fingerprint density at radius 2 is 1.92 bits per heavy atom. The van der Waals surface area contributed by atoms with E-state index in [0.29, 0.717) is 25.7 Å². The molecule has 0 amide bonds. The molecule has 2 rings (SSSR count). The van der Waals surface area contributed by atoms with E-state index in [9.17, 15) is 0 Å². The minimum Gasteiger partial charge on any atom is -0.490 e. The highest BCUT2D eigenvalue weighted by Gasteiger charge is 2.14. The second-order valence-electron chi connectivity index (χ2n) is 6.71. The third kappa shape index (κ3) is 7.01. The average molecular weight is 356 g/mol. The molecule has 1 aromatic carbocycles. The minimum atomic E-state index is -0.236. The number of ether oxygens (including phenoxy) is 2. The van der Waals surface area contributed by atoms with Crippen LogP contribution < -0.4 is 20.1 Å². The van der Waals surface area contributed by atoms with Crippen LogP contribution in [0.15, 0.2) is 53.8 Å². The van der Waals surface area contributed by atoms with Gasteiger partial charge in [0, 0.05) is 25.4 Å². The molecule has 6 nitrogen and oxygen atoms in total. The van der Waals surface area contributed by atoms with Crippen LogP contribution in [0.1, 0.15) is 26.3 Å². The second-order valence-corrected chi connectivity index (χ2v) is 6.71. The zero-order valence-electron chi connectivity index (χ0n) is 16.0. The molecule has 1 aromatic heterocycles. The maximum Gasteiger partial charge on any atom is 0.191 e. The monoisotopic (exact) mass is 356 g/mol. The highest BCUT2D eigenvalue weighted by molar-refractivity contribution is 5.79. The summed E-state index contributed by atoms with van der Waals surface area (Å²) in [6, 6.07) is 11.7. The Morgan fingerprint density at radius 3 is 2.62 bits per heavy atom. The van der Waals surface area contributed by atoms with Crippen LogP contribution in [0.25, 0.3) is 0 Å². The molecule has 2 N–H and O–H groups in total. The van der Waals surface area contributed by atoms with Crippen LogP contribution in [0.2, 0.25) is 0 Å². The molecule has 0 saturated carbocycles. The van der Waals surface area contributed by atoms with Crippen molar-refractivity contribution in [3.63, 3.8) is 0 Å². The Balaban J connectivity index is 1.80. The molecule has 0 aliphatic carbocycles. The smallest absolute Gasteiger partial charge is 0.191 e. The minimum absolute atomic E-state index is 0.236. The molecule has 0 fully saturated rings. The molecule has 0 saturated heterocycles. The number of hydrogen-bond acceptors (Lipinski definition) is 4. The van der Waals surface area contributed by atoms with E-state index in [0.717, 1.165) is 17.1 Å². The zero-order valence-corrected chi connectivity index (χ0v) is 16.0. The van der Waals surface area contributed by atoms with Gasteiger partial charge in [-0.3, -0.25) is 9.98 Å². The van der Waals surface area contributed by atoms with Crippen LogP contribution in [0, 0.1) is 0 Å². The van der Waals surface area contributed by atoms with Gasteiger partial charge in [0.05, 0.1) is 12.7 Å². The first-order valence-electron chi connectivity index (χ1n) is 8.72. The first-order chi connectivity index (χ1) is 12.5. The molecule has 140 valence electrons. The maximum absolute atomic E-state index is 6.02. The molecule has 0 aliphatic heterocycles. The lowest BCUT2D eigenvalue weighted by molar-refractivity contribution is 0.129. The fraction of sp³-hybridized carbons (Fsp3) is 0.400. The third-order valence-corrected chi connectivity index (χ3v) is 3.36. The van der Waals surface area contributed by atoms with Gasteiger partial charge in [-0.15, -0.1) is 0 Å². The number of benzene rings is 1. The number of pyridine rings is 1. The van der Waals surface area contributed by atoms with Gasteiger partial charge in [-0.1, -0.05) is 18.2 Å². The molecule has 0 radical (unpaired) electrons. The van der Waals surface area contributed by atoms with Gasteiger partial charge in [0.2, 0.25) is 0 Å². The number of aliphatic imine (C=N–C) groups is 1. The quantitative estimate of drug-likeness (QED) is 0.453. The summed E-state index contributed by atoms with van der Waals surface area (Å²) in [6.07, 6.45) is 3.41. The fourth-order valence-electron chi connectivity index (χ4n) is 2.25. The standard InChI is InChI=1S/C20H28N4O2/c1-20(2,3)26-18-10-6-5-8-16(18)14-24-19(21-4)23-12-13-25-17-9-7-11-22-15-17/h5-11,15H,12-14H2,1-4H3,(H2,21,23,24). The molecule has 6 heteroatoms. The summed E-state index contributed by atoms with van der Waals surface area (Å²) in [5.74, 6) is 2.35. The van der Waals surface area contributed by atoms with Gasteiger partial charge < -0.3 is 20.1 Å². The van der Waals surface area contributed by atoms with Crippen molar-refractivity contribution >= 4 is 5.96 Å². The van der Waals surface area contributed by atoms with Gasteiger partial charge in [-0.25, -0.2) is 0 Å². The van der Waals surface area contributed by atoms with Crippen LogP contribution in [0.5, 0.6) is 11.5 Å². The van der Waals surface area contributed by atoms with E-state index < -0.39 is 0 Å². The summed E-state index contributed by atoms with van der Waals surface area (Å²) in [5, 5.41) is 6.53. The van der Waals surface area contributed by atoms with Crippen molar-refractivity contribution in [3.8, 4) is 11.5 Å². The normalized spacial score (nSPS) is 11.8. The summed E-state index contributed by atoms with van der Waals surface area (Å²) < 4.78 is 11.6. The largest absolute Gasteiger partial charge is 0.490 e. The predicted molar refractivity (Wildman–Crippen MR) is 105 cm³/mol. The molecule has 0 bridgehead atoms. The van der Waals surface area contributed by atoms with Gasteiger partial charge in [0.15, 0.2) is 5.96 Å². The number of nitrogens with one attached hydrogen (secondary N) is 2. The van der Waals surface area contributed by atoms with E-state index in [-0.39, 0.29) is 5.60 Å². The Kier molecular flexibility index (Phi) is 7.26. The zero-order chi connectivity index (χ0) is 18.8. The summed E-state index contributed by atoms with van der Waals surface area (Å²) in [7, 11) is 1.74. The van der Waals surface area contributed by atoms with Crippen LogP contribution in [0.3, 0.4) is 0 Å². The Hall–Kier alpha value is -2.76. The van der Waals surface area contributed by atoms with Crippen LogP contribution in [0.4, 0.5) is 0 Å². The van der Waals surface area contributed by atoms with Crippen molar-refractivity contribution in [1.29, 1.82) is 0 Å². The van der Waals surface area contributed by atoms with Gasteiger partial charge >= 0.3 is 0 Å². The lowest BCUT2D eigenvalue weighted by atomic mass is 10.1. The van der Waals surface area contributed by atoms with Crippen molar-refractivity contribution < 1.29 is 9.47 Å². The Bertz CT molecular complexity index is 696. The summed E-state index contributed by atoms with van der Waals surface area (Å²) in [4.78, 5) is 8.26. The molecule has 0 atom stereocenters. The third-order valence-electron chi connectivity index (χ3n) is 3.36. The summed E-state index contributed by atoms with van der Waals surface area (Å²) >= 11 is 0. The van der Waals surface area contributed by atoms with Crippen molar-refractivity contribution in [1.82, 2.24) is 15.6 Å². The topological polar surface area (TPSA) is 67.8 Å². The predicted octanol–water partition coefficient (Wildman–Crippen LogP) is 3.00. The molecule has 0 aliphatic rings. The van der Waals surface area contributed by atoms with Gasteiger partial charge in [0.25, 0.3) is 0 Å². The molecule has 2 aromatic rings. The van der Waals surface area contributed by atoms with Crippen LogP contribution in [-0.2, 0) is 6.54 Å². The van der Waals surface area contributed by atoms with Gasteiger partial charge in [-0.05, 0) is 39.0 Å². The van der Waals surface area contributed by atoms with Crippen LogP contribution in [-0.4, -0.2) is 36.7 Å². The Morgan fingerprint density at radius 1 is 1.12 bits per heavy atom. The van der Waals surface area contributed by atoms with Crippen LogP contribution >= 0.6 is 0 Å². The van der Waals surface area contributed by atoms with Crippen molar-refractivity contribution in [2.24, 2.45) is 4.99 Å². The highest BCUT2D eigenvalue weighted by atomic mass is 16.5. The van der Waals surface area contributed by atoms with Gasteiger partial charge in [0.1, 0.15) is 23.7 Å². The second kappa shape index (κ2) is 9.65. The summed E-state index contributed by atoms with van der Waals surface area (Å²) in [5.41, 5.74) is 0.844. The first-order valence-corrected chi connectivity index (χ1v) is 8.72. The molecule has 0 unspecified atom stereocenters. The van der Waals surface area contributed by atoms with E-state index >= 15 is 0 Å². The number of aromatic nitrogens is 1. The number of rotatable bonds is 7. The fourth-order valence-corrected chi connectivity index (χ4v) is 2.25. The van der Waals surface area contributed by atoms with E-state index in [2.05, 4.69) is 20.6 Å². The van der Waals surface area contributed by atoms with E-state index in [1.165, 1.54) is 0 Å².